The first-order valence-corrected chi connectivity index (χ1v) is 5.54. The standard InChI is InChI=1S/C14H12O/c1-2-6-10-9(5-1)13-11-7-3-4-8-12(11)14(10)15-13/h1-10,13-14H. The minimum atomic E-state index is 0.303. The molecule has 4 unspecified atom stereocenters. The molecule has 1 heteroatoms. The second-order valence-corrected chi connectivity index (χ2v) is 4.53. The first-order valence-electron chi connectivity index (χ1n) is 5.54. The number of allylic oxidation sites excluding steroid dienone is 2. The predicted octanol–water partition coefficient (Wildman–Crippen LogP) is 3.17. The van der Waals surface area contributed by atoms with Crippen LogP contribution in [0, 0.1) is 11.8 Å². The molecule has 2 aliphatic heterocycles. The Morgan fingerprint density at radius 2 is 1.33 bits per heavy atom. The van der Waals surface area contributed by atoms with E-state index < -0.39 is 0 Å². The van der Waals surface area contributed by atoms with Crippen LogP contribution >= 0.6 is 0 Å². The van der Waals surface area contributed by atoms with Crippen molar-refractivity contribution >= 4 is 0 Å². The summed E-state index contributed by atoms with van der Waals surface area (Å²) in [5.41, 5.74) is 2.81. The van der Waals surface area contributed by atoms with Gasteiger partial charge in [-0.2, -0.15) is 0 Å². The summed E-state index contributed by atoms with van der Waals surface area (Å²) in [5.74, 6) is 1.13. The number of hydrogen-bond acceptors (Lipinski definition) is 1. The number of rotatable bonds is 0. The molecule has 1 aromatic rings. The summed E-state index contributed by atoms with van der Waals surface area (Å²) in [4.78, 5) is 0. The van der Waals surface area contributed by atoms with Gasteiger partial charge in [-0.05, 0) is 11.1 Å². The number of benzene rings is 1. The molecule has 15 heavy (non-hydrogen) atoms. The molecule has 3 aliphatic rings. The molecule has 2 bridgehead atoms. The lowest BCUT2D eigenvalue weighted by Crippen LogP contribution is -2.19. The van der Waals surface area contributed by atoms with E-state index in [0.29, 0.717) is 24.0 Å². The topological polar surface area (TPSA) is 9.23 Å². The molecule has 74 valence electrons. The van der Waals surface area contributed by atoms with E-state index in [1.807, 2.05) is 0 Å². The molecule has 1 aliphatic carbocycles. The van der Waals surface area contributed by atoms with E-state index in [0.717, 1.165) is 0 Å². The Hall–Kier alpha value is -1.34. The Kier molecular flexibility index (Phi) is 1.37. The van der Waals surface area contributed by atoms with E-state index >= 15 is 0 Å². The summed E-state index contributed by atoms with van der Waals surface area (Å²) in [6.45, 7) is 0. The Morgan fingerprint density at radius 1 is 0.800 bits per heavy atom. The largest absolute Gasteiger partial charge is 0.364 e. The second kappa shape index (κ2) is 2.61. The maximum atomic E-state index is 6.09. The molecule has 1 fully saturated rings. The van der Waals surface area contributed by atoms with Crippen molar-refractivity contribution in [3.63, 3.8) is 0 Å². The molecule has 0 aromatic heterocycles. The van der Waals surface area contributed by atoms with Gasteiger partial charge in [0.05, 0.1) is 12.2 Å². The molecule has 0 radical (unpaired) electrons. The van der Waals surface area contributed by atoms with Crippen LogP contribution in [0.1, 0.15) is 23.3 Å². The molecule has 1 saturated heterocycles. The van der Waals surface area contributed by atoms with Crippen LogP contribution in [0.25, 0.3) is 0 Å². The zero-order valence-electron chi connectivity index (χ0n) is 8.34. The molecule has 1 nitrogen and oxygen atoms in total. The highest BCUT2D eigenvalue weighted by atomic mass is 16.5. The van der Waals surface area contributed by atoms with Gasteiger partial charge in [-0.1, -0.05) is 48.6 Å². The van der Waals surface area contributed by atoms with Crippen LogP contribution in [0.2, 0.25) is 0 Å². The summed E-state index contributed by atoms with van der Waals surface area (Å²) < 4.78 is 6.09. The first-order chi connectivity index (χ1) is 7.45. The molecule has 0 amide bonds. The highest BCUT2D eigenvalue weighted by molar-refractivity contribution is 5.42. The molecule has 0 N–H and O–H groups in total. The van der Waals surface area contributed by atoms with E-state index in [1.165, 1.54) is 11.1 Å². The number of hydrogen-bond donors (Lipinski definition) is 0. The Bertz CT molecular complexity index is 429. The predicted molar refractivity (Wildman–Crippen MR) is 58.3 cm³/mol. The zero-order valence-corrected chi connectivity index (χ0v) is 8.34. The quantitative estimate of drug-likeness (QED) is 0.619. The van der Waals surface area contributed by atoms with Crippen LogP contribution in [0.15, 0.2) is 48.6 Å². The summed E-state index contributed by atoms with van der Waals surface area (Å²) in [6, 6.07) is 8.64. The minimum Gasteiger partial charge on any atom is -0.364 e. The van der Waals surface area contributed by atoms with E-state index in [-0.39, 0.29) is 0 Å². The van der Waals surface area contributed by atoms with E-state index in [9.17, 15) is 0 Å². The van der Waals surface area contributed by atoms with E-state index in [2.05, 4.69) is 48.6 Å². The van der Waals surface area contributed by atoms with E-state index in [4.69, 9.17) is 4.74 Å². The van der Waals surface area contributed by atoms with Gasteiger partial charge in [0.25, 0.3) is 0 Å². The second-order valence-electron chi connectivity index (χ2n) is 4.53. The van der Waals surface area contributed by atoms with Crippen molar-refractivity contribution in [3.05, 3.63) is 59.7 Å². The fourth-order valence-electron chi connectivity index (χ4n) is 3.18. The lowest BCUT2D eigenvalue weighted by molar-refractivity contribution is 0.0603. The van der Waals surface area contributed by atoms with Gasteiger partial charge in [0.2, 0.25) is 0 Å². The van der Waals surface area contributed by atoms with Gasteiger partial charge in [-0.15, -0.1) is 0 Å². The van der Waals surface area contributed by atoms with Gasteiger partial charge in [0.15, 0.2) is 0 Å². The summed E-state index contributed by atoms with van der Waals surface area (Å²) in [6.07, 6.45) is 9.49. The van der Waals surface area contributed by atoms with Crippen molar-refractivity contribution in [2.45, 2.75) is 12.2 Å². The van der Waals surface area contributed by atoms with Crippen LogP contribution < -0.4 is 0 Å². The van der Waals surface area contributed by atoms with Crippen molar-refractivity contribution < 1.29 is 4.74 Å². The minimum absolute atomic E-state index is 0.303. The maximum absolute atomic E-state index is 6.09. The normalized spacial score (nSPS) is 39.2. The summed E-state index contributed by atoms with van der Waals surface area (Å²) in [5, 5.41) is 0. The molecular weight excluding hydrogens is 184 g/mol. The fraction of sp³-hybridized carbons (Fsp3) is 0.286. The number of fused-ring (bicyclic) bond motifs is 8. The third-order valence-corrected chi connectivity index (χ3v) is 3.82. The zero-order chi connectivity index (χ0) is 9.83. The molecule has 2 heterocycles. The number of ether oxygens (including phenoxy) is 1. The Morgan fingerprint density at radius 3 is 1.87 bits per heavy atom. The Balaban J connectivity index is 1.91. The molecule has 4 rings (SSSR count). The maximum Gasteiger partial charge on any atom is 0.0906 e. The average molecular weight is 196 g/mol. The van der Waals surface area contributed by atoms with Crippen molar-refractivity contribution in [3.8, 4) is 0 Å². The van der Waals surface area contributed by atoms with Crippen molar-refractivity contribution in [2.24, 2.45) is 11.8 Å². The molecule has 4 atom stereocenters. The summed E-state index contributed by atoms with van der Waals surface area (Å²) in [7, 11) is 0. The highest BCUT2D eigenvalue weighted by Gasteiger charge is 2.50. The van der Waals surface area contributed by atoms with Gasteiger partial charge in [-0.3, -0.25) is 0 Å². The summed E-state index contributed by atoms with van der Waals surface area (Å²) >= 11 is 0. The molecule has 0 saturated carbocycles. The lowest BCUT2D eigenvalue weighted by atomic mass is 9.74. The third-order valence-electron chi connectivity index (χ3n) is 3.82. The van der Waals surface area contributed by atoms with Crippen LogP contribution in [0.5, 0.6) is 0 Å². The fourth-order valence-corrected chi connectivity index (χ4v) is 3.18. The molecular formula is C14H12O. The van der Waals surface area contributed by atoms with Crippen LogP contribution in [-0.4, -0.2) is 0 Å². The third kappa shape index (κ3) is 0.870. The van der Waals surface area contributed by atoms with Crippen LogP contribution in [0.3, 0.4) is 0 Å². The lowest BCUT2D eigenvalue weighted by Gasteiger charge is -2.26. The monoisotopic (exact) mass is 196 g/mol. The SMILES string of the molecule is C1=CC2C3OC(c4ccccc43)C2C=C1. The highest BCUT2D eigenvalue weighted by Crippen LogP contribution is 2.58. The van der Waals surface area contributed by atoms with Crippen molar-refractivity contribution in [2.75, 3.05) is 0 Å². The molecule has 1 aromatic carbocycles. The van der Waals surface area contributed by atoms with Crippen molar-refractivity contribution in [1.82, 2.24) is 0 Å². The van der Waals surface area contributed by atoms with Crippen LogP contribution in [0.4, 0.5) is 0 Å². The van der Waals surface area contributed by atoms with Gasteiger partial charge >= 0.3 is 0 Å². The smallest absolute Gasteiger partial charge is 0.0906 e. The van der Waals surface area contributed by atoms with Gasteiger partial charge in [0.1, 0.15) is 0 Å². The van der Waals surface area contributed by atoms with Gasteiger partial charge < -0.3 is 4.74 Å². The van der Waals surface area contributed by atoms with E-state index in [1.54, 1.807) is 0 Å². The van der Waals surface area contributed by atoms with Crippen LogP contribution in [-0.2, 0) is 4.74 Å². The van der Waals surface area contributed by atoms with Gasteiger partial charge in [0, 0.05) is 11.8 Å². The molecule has 0 spiro atoms. The van der Waals surface area contributed by atoms with Crippen molar-refractivity contribution in [1.29, 1.82) is 0 Å². The average Bonchev–Trinajstić information content (AvgIpc) is 2.86. The first kappa shape index (κ1) is 7.89. The van der Waals surface area contributed by atoms with Gasteiger partial charge in [-0.25, -0.2) is 0 Å². The Labute approximate surface area is 89.1 Å².